The Morgan fingerprint density at radius 3 is 2.75 bits per heavy atom. The SMILES string of the molecule is O=C(NC[C@H]1C[C@@H]2CCN1C[C@@H]2CN1CCOCC1)Nc1ccc(F)cc1F. The summed E-state index contributed by atoms with van der Waals surface area (Å²) in [5.74, 6) is -0.0646. The molecule has 154 valence electrons. The molecule has 2 amide bonds. The lowest BCUT2D eigenvalue weighted by molar-refractivity contribution is -0.0289. The van der Waals surface area contributed by atoms with Crippen molar-refractivity contribution >= 4 is 11.7 Å². The Balaban J connectivity index is 1.24. The number of anilines is 1. The van der Waals surface area contributed by atoms with Crippen molar-refractivity contribution in [3.63, 3.8) is 0 Å². The fourth-order valence-electron chi connectivity index (χ4n) is 4.75. The van der Waals surface area contributed by atoms with Gasteiger partial charge in [0.1, 0.15) is 11.6 Å². The van der Waals surface area contributed by atoms with Crippen LogP contribution < -0.4 is 10.6 Å². The highest BCUT2D eigenvalue weighted by molar-refractivity contribution is 5.89. The summed E-state index contributed by atoms with van der Waals surface area (Å²) in [6.45, 7) is 7.52. The number of hydrogen-bond donors (Lipinski definition) is 2. The maximum absolute atomic E-state index is 13.7. The van der Waals surface area contributed by atoms with Crippen LogP contribution in [0.15, 0.2) is 18.2 Å². The number of halogens is 2. The number of nitrogens with zero attached hydrogens (tertiary/aromatic N) is 2. The first-order valence-electron chi connectivity index (χ1n) is 10.1. The molecule has 2 bridgehead atoms. The van der Waals surface area contributed by atoms with Gasteiger partial charge < -0.3 is 15.4 Å². The number of carbonyl (C=O) groups is 1. The minimum absolute atomic E-state index is 0.0186. The van der Waals surface area contributed by atoms with E-state index in [1.807, 2.05) is 0 Å². The number of morpholine rings is 1. The summed E-state index contributed by atoms with van der Waals surface area (Å²) < 4.78 is 32.1. The molecule has 0 aliphatic carbocycles. The molecule has 1 aromatic carbocycles. The van der Waals surface area contributed by atoms with Crippen molar-refractivity contribution in [2.45, 2.75) is 18.9 Å². The number of carbonyl (C=O) groups excluding carboxylic acids is 1. The molecular formula is C20H28F2N4O2. The van der Waals surface area contributed by atoms with Gasteiger partial charge in [-0.25, -0.2) is 13.6 Å². The minimum atomic E-state index is -0.776. The highest BCUT2D eigenvalue weighted by atomic mass is 19.1. The molecule has 28 heavy (non-hydrogen) atoms. The summed E-state index contributed by atoms with van der Waals surface area (Å²) in [5.41, 5.74) is -0.0186. The molecule has 4 aliphatic rings. The predicted molar refractivity (Wildman–Crippen MR) is 102 cm³/mol. The van der Waals surface area contributed by atoms with E-state index in [1.165, 1.54) is 12.5 Å². The molecule has 4 heterocycles. The molecule has 1 unspecified atom stereocenters. The topological polar surface area (TPSA) is 56.8 Å². The standard InChI is InChI=1S/C20H28F2N4O2/c21-16-1-2-19(18(22)10-16)24-20(27)23-11-17-9-14-3-4-26(17)13-15(14)12-25-5-7-28-8-6-25/h1-2,10,14-15,17H,3-9,11-13H2,(H2,23,24,27)/t14-,15-,17+/m0/s1. The van der Waals surface area contributed by atoms with Gasteiger partial charge in [0.25, 0.3) is 0 Å². The quantitative estimate of drug-likeness (QED) is 0.804. The number of piperidine rings is 3. The number of fused-ring (bicyclic) bond motifs is 3. The lowest BCUT2D eigenvalue weighted by Crippen LogP contribution is -2.59. The Labute approximate surface area is 164 Å². The monoisotopic (exact) mass is 394 g/mol. The van der Waals surface area contributed by atoms with Gasteiger partial charge in [0.2, 0.25) is 0 Å². The molecule has 4 fully saturated rings. The predicted octanol–water partition coefficient (Wildman–Crippen LogP) is 2.13. The Bertz CT molecular complexity index is 699. The molecular weight excluding hydrogens is 366 g/mol. The summed E-state index contributed by atoms with van der Waals surface area (Å²) >= 11 is 0. The van der Waals surface area contributed by atoms with E-state index in [4.69, 9.17) is 4.74 Å². The zero-order valence-corrected chi connectivity index (χ0v) is 16.0. The van der Waals surface area contributed by atoms with Gasteiger partial charge in [-0.1, -0.05) is 0 Å². The summed E-state index contributed by atoms with van der Waals surface area (Å²) in [7, 11) is 0. The summed E-state index contributed by atoms with van der Waals surface area (Å²) in [6.07, 6.45) is 2.30. The maximum Gasteiger partial charge on any atom is 0.319 e. The Morgan fingerprint density at radius 1 is 1.21 bits per heavy atom. The maximum atomic E-state index is 13.7. The summed E-state index contributed by atoms with van der Waals surface area (Å²) in [6, 6.07) is 2.98. The third-order valence-electron chi connectivity index (χ3n) is 6.29. The summed E-state index contributed by atoms with van der Waals surface area (Å²) in [5, 5.41) is 5.30. The third-order valence-corrected chi connectivity index (χ3v) is 6.29. The van der Waals surface area contributed by atoms with Gasteiger partial charge in [-0.15, -0.1) is 0 Å². The highest BCUT2D eigenvalue weighted by Crippen LogP contribution is 2.36. The first kappa shape index (κ1) is 19.5. The second kappa shape index (κ2) is 8.71. The van der Waals surface area contributed by atoms with Crippen LogP contribution in [0.3, 0.4) is 0 Å². The molecule has 0 radical (unpaired) electrons. The number of nitrogens with one attached hydrogen (secondary N) is 2. The average molecular weight is 394 g/mol. The van der Waals surface area contributed by atoms with E-state index in [1.54, 1.807) is 0 Å². The zero-order chi connectivity index (χ0) is 19.5. The number of benzene rings is 1. The van der Waals surface area contributed by atoms with Crippen LogP contribution in [0.4, 0.5) is 19.3 Å². The van der Waals surface area contributed by atoms with Crippen LogP contribution in [0.2, 0.25) is 0 Å². The highest BCUT2D eigenvalue weighted by Gasteiger charge is 2.40. The normalized spacial score (nSPS) is 30.2. The van der Waals surface area contributed by atoms with Gasteiger partial charge in [-0.3, -0.25) is 9.80 Å². The lowest BCUT2D eigenvalue weighted by Gasteiger charge is -2.51. The fourth-order valence-corrected chi connectivity index (χ4v) is 4.75. The van der Waals surface area contributed by atoms with Crippen LogP contribution in [-0.2, 0) is 4.74 Å². The average Bonchev–Trinajstić information content (AvgIpc) is 2.70. The van der Waals surface area contributed by atoms with Crippen molar-refractivity contribution in [1.29, 1.82) is 0 Å². The molecule has 4 saturated heterocycles. The number of rotatable bonds is 5. The van der Waals surface area contributed by atoms with Gasteiger partial charge in [-0.2, -0.15) is 0 Å². The molecule has 4 atom stereocenters. The number of hydrogen-bond acceptors (Lipinski definition) is 4. The van der Waals surface area contributed by atoms with E-state index < -0.39 is 17.7 Å². The van der Waals surface area contributed by atoms with Gasteiger partial charge in [0.05, 0.1) is 18.9 Å². The van der Waals surface area contributed by atoms with E-state index in [-0.39, 0.29) is 5.69 Å². The van der Waals surface area contributed by atoms with Crippen LogP contribution in [0.25, 0.3) is 0 Å². The second-order valence-electron chi connectivity index (χ2n) is 8.07. The smallest absolute Gasteiger partial charge is 0.319 e. The Morgan fingerprint density at radius 2 is 2.04 bits per heavy atom. The Hall–Kier alpha value is -1.77. The minimum Gasteiger partial charge on any atom is -0.379 e. The molecule has 1 aromatic rings. The molecule has 5 rings (SSSR count). The van der Waals surface area contributed by atoms with E-state index in [0.29, 0.717) is 24.4 Å². The van der Waals surface area contributed by atoms with Crippen molar-refractivity contribution < 1.29 is 18.3 Å². The molecule has 0 aromatic heterocycles. The number of urea groups is 1. The van der Waals surface area contributed by atoms with Gasteiger partial charge in [-0.05, 0) is 43.4 Å². The van der Waals surface area contributed by atoms with Crippen LogP contribution in [0.1, 0.15) is 12.8 Å². The first-order chi connectivity index (χ1) is 13.6. The van der Waals surface area contributed by atoms with Crippen molar-refractivity contribution in [1.82, 2.24) is 15.1 Å². The molecule has 2 N–H and O–H groups in total. The molecule has 6 nitrogen and oxygen atoms in total. The summed E-state index contributed by atoms with van der Waals surface area (Å²) in [4.78, 5) is 17.1. The van der Waals surface area contributed by atoms with Crippen LogP contribution in [0, 0.1) is 23.5 Å². The first-order valence-corrected chi connectivity index (χ1v) is 10.1. The number of ether oxygens (including phenoxy) is 1. The van der Waals surface area contributed by atoms with Gasteiger partial charge >= 0.3 is 6.03 Å². The van der Waals surface area contributed by atoms with E-state index in [9.17, 15) is 13.6 Å². The van der Waals surface area contributed by atoms with Crippen LogP contribution >= 0.6 is 0 Å². The van der Waals surface area contributed by atoms with Crippen molar-refractivity contribution in [3.05, 3.63) is 29.8 Å². The molecule has 0 spiro atoms. The van der Waals surface area contributed by atoms with Crippen molar-refractivity contribution in [2.24, 2.45) is 11.8 Å². The van der Waals surface area contributed by atoms with E-state index in [0.717, 1.165) is 64.5 Å². The van der Waals surface area contributed by atoms with E-state index in [2.05, 4.69) is 20.4 Å². The zero-order valence-electron chi connectivity index (χ0n) is 16.0. The Kier molecular flexibility index (Phi) is 6.08. The van der Waals surface area contributed by atoms with Crippen LogP contribution in [0.5, 0.6) is 0 Å². The third kappa shape index (κ3) is 4.61. The lowest BCUT2D eigenvalue weighted by atomic mass is 9.75. The molecule has 8 heteroatoms. The van der Waals surface area contributed by atoms with Crippen molar-refractivity contribution in [3.8, 4) is 0 Å². The number of amides is 2. The van der Waals surface area contributed by atoms with Crippen molar-refractivity contribution in [2.75, 3.05) is 57.8 Å². The second-order valence-corrected chi connectivity index (χ2v) is 8.07. The fraction of sp³-hybridized carbons (Fsp3) is 0.650. The van der Waals surface area contributed by atoms with E-state index >= 15 is 0 Å². The van der Waals surface area contributed by atoms with Crippen LogP contribution in [-0.4, -0.2) is 74.4 Å². The van der Waals surface area contributed by atoms with Gasteiger partial charge in [0, 0.05) is 44.8 Å². The molecule has 4 aliphatic heterocycles. The van der Waals surface area contributed by atoms with Gasteiger partial charge in [0.15, 0.2) is 0 Å². The largest absolute Gasteiger partial charge is 0.379 e. The molecule has 0 saturated carbocycles.